The van der Waals surface area contributed by atoms with Gasteiger partial charge in [0, 0.05) is 59.2 Å². The molecular weight excluding hydrogens is 538 g/mol. The lowest BCUT2D eigenvalue weighted by molar-refractivity contribution is 0.667. The highest BCUT2D eigenvalue weighted by molar-refractivity contribution is 6.08. The number of unbranched alkanes of at least 4 members (excludes halogenated alkanes) is 3. The molecular formula is C39H37N5. The van der Waals surface area contributed by atoms with Gasteiger partial charge in [0.1, 0.15) is 5.82 Å². The minimum Gasteiger partial charge on any atom is -0.309 e. The van der Waals surface area contributed by atoms with Gasteiger partial charge in [-0.05, 0) is 78.8 Å². The van der Waals surface area contributed by atoms with Gasteiger partial charge in [-0.2, -0.15) is 0 Å². The van der Waals surface area contributed by atoms with E-state index >= 15 is 0 Å². The van der Waals surface area contributed by atoms with Gasteiger partial charge < -0.3 is 4.57 Å². The Kier molecular flexibility index (Phi) is 7.53. The van der Waals surface area contributed by atoms with E-state index in [0.29, 0.717) is 0 Å². The minimum absolute atomic E-state index is 0.958. The van der Waals surface area contributed by atoms with Crippen LogP contribution in [-0.4, -0.2) is 24.1 Å². The number of rotatable bonds is 9. The van der Waals surface area contributed by atoms with Crippen molar-refractivity contribution in [2.75, 3.05) is 0 Å². The molecule has 7 aromatic rings. The third-order valence-electron chi connectivity index (χ3n) is 8.79. The Bertz CT molecular complexity index is 2030. The lowest BCUT2D eigenvalue weighted by Gasteiger charge is -2.22. The summed E-state index contributed by atoms with van der Waals surface area (Å²) in [6.07, 6.45) is 17.6. The van der Waals surface area contributed by atoms with Crippen molar-refractivity contribution in [2.45, 2.75) is 52.9 Å². The van der Waals surface area contributed by atoms with Crippen LogP contribution in [0.3, 0.4) is 0 Å². The Labute approximate surface area is 258 Å². The molecule has 0 saturated carbocycles. The second-order valence-electron chi connectivity index (χ2n) is 11.7. The van der Waals surface area contributed by atoms with Crippen LogP contribution in [0.25, 0.3) is 55.7 Å². The minimum atomic E-state index is 0.958. The first-order valence-electron chi connectivity index (χ1n) is 15.7. The van der Waals surface area contributed by atoms with Crippen molar-refractivity contribution in [2.24, 2.45) is 0 Å². The van der Waals surface area contributed by atoms with E-state index in [1.165, 1.54) is 59.2 Å². The van der Waals surface area contributed by atoms with Crippen molar-refractivity contribution in [3.8, 4) is 33.9 Å². The highest BCUT2D eigenvalue weighted by Gasteiger charge is 2.20. The van der Waals surface area contributed by atoms with Crippen LogP contribution in [0, 0.1) is 13.8 Å². The summed E-state index contributed by atoms with van der Waals surface area (Å²) in [5.74, 6) is 0.958. The van der Waals surface area contributed by atoms with E-state index in [1.54, 1.807) is 0 Å². The maximum absolute atomic E-state index is 4.80. The molecule has 0 radical (unpaired) electrons. The van der Waals surface area contributed by atoms with E-state index in [1.807, 2.05) is 31.0 Å². The largest absolute Gasteiger partial charge is 0.309 e. The molecule has 0 spiro atoms. The van der Waals surface area contributed by atoms with Crippen LogP contribution in [0.5, 0.6) is 0 Å². The Morgan fingerprint density at radius 1 is 0.705 bits per heavy atom. The van der Waals surface area contributed by atoms with Gasteiger partial charge in [-0.25, -0.2) is 4.98 Å². The molecule has 4 heterocycles. The second kappa shape index (κ2) is 11.9. The number of aryl methyl sites for hydroxylation is 2. The van der Waals surface area contributed by atoms with E-state index in [0.717, 1.165) is 45.3 Å². The van der Waals surface area contributed by atoms with Crippen molar-refractivity contribution in [3.63, 3.8) is 0 Å². The topological polar surface area (TPSA) is 48.5 Å². The quantitative estimate of drug-likeness (QED) is 0.161. The molecule has 3 aromatic carbocycles. The van der Waals surface area contributed by atoms with Crippen LogP contribution >= 0.6 is 0 Å². The van der Waals surface area contributed by atoms with Crippen molar-refractivity contribution in [3.05, 3.63) is 127 Å². The zero-order valence-electron chi connectivity index (χ0n) is 25.7. The molecule has 5 nitrogen and oxygen atoms in total. The van der Waals surface area contributed by atoms with Crippen molar-refractivity contribution >= 4 is 21.8 Å². The fourth-order valence-corrected chi connectivity index (χ4v) is 6.84. The fraction of sp³-hybridized carbons (Fsp3) is 0.205. The number of hydrogen-bond donors (Lipinski definition) is 0. The predicted molar refractivity (Wildman–Crippen MR) is 182 cm³/mol. The number of fused-ring (bicyclic) bond motifs is 3. The van der Waals surface area contributed by atoms with Gasteiger partial charge in [-0.15, -0.1) is 0 Å². The number of imidazole rings is 1. The monoisotopic (exact) mass is 575 g/mol. The molecule has 0 aliphatic heterocycles. The number of hydrogen-bond acceptors (Lipinski definition) is 3. The zero-order chi connectivity index (χ0) is 30.0. The third kappa shape index (κ3) is 4.88. The molecule has 7 rings (SSSR count). The van der Waals surface area contributed by atoms with Crippen molar-refractivity contribution in [1.82, 2.24) is 24.1 Å². The summed E-state index contributed by atoms with van der Waals surface area (Å²) < 4.78 is 4.60. The van der Waals surface area contributed by atoms with Gasteiger partial charge in [0.15, 0.2) is 0 Å². The Hall–Kier alpha value is -5.03. The molecule has 0 amide bonds. The molecule has 0 saturated heterocycles. The van der Waals surface area contributed by atoms with Gasteiger partial charge in [-0.3, -0.25) is 14.5 Å². The smallest absolute Gasteiger partial charge is 0.144 e. The SMILES string of the molecule is CCCCCCc1cc(C)c(-n2ccnc2-c2ccccc2)c(C)c1-c1cccc(-n2c3ccncc3c3cnccc32)c1. The number of pyridine rings is 2. The standard InChI is InChI=1S/C39H37N5/c1-4-5-6-8-14-30-23-27(2)38(43-22-21-42-39(43)29-12-9-7-10-13-29)28(3)37(30)31-15-11-16-32(24-31)44-35-17-19-40-25-33(35)34-26-41-20-18-36(34)44/h7,9-13,15-26H,4-6,8,14H2,1-3H3. The molecule has 0 aliphatic rings. The molecule has 0 aliphatic carbocycles. The maximum Gasteiger partial charge on any atom is 0.144 e. The summed E-state index contributed by atoms with van der Waals surface area (Å²) in [5.41, 5.74) is 12.2. The fourth-order valence-electron chi connectivity index (χ4n) is 6.84. The summed E-state index contributed by atoms with van der Waals surface area (Å²) >= 11 is 0. The van der Waals surface area contributed by atoms with E-state index < -0.39 is 0 Å². The van der Waals surface area contributed by atoms with Gasteiger partial charge in [0.05, 0.1) is 16.7 Å². The van der Waals surface area contributed by atoms with Gasteiger partial charge in [-0.1, -0.05) is 74.7 Å². The first kappa shape index (κ1) is 27.8. The van der Waals surface area contributed by atoms with E-state index in [4.69, 9.17) is 4.98 Å². The number of aromatic nitrogens is 5. The van der Waals surface area contributed by atoms with Crippen molar-refractivity contribution < 1.29 is 0 Å². The van der Waals surface area contributed by atoms with E-state index in [-0.39, 0.29) is 0 Å². The first-order chi connectivity index (χ1) is 21.7. The van der Waals surface area contributed by atoms with Crippen LogP contribution in [0.1, 0.15) is 49.3 Å². The highest BCUT2D eigenvalue weighted by Crippen LogP contribution is 2.38. The molecule has 0 N–H and O–H groups in total. The van der Waals surface area contributed by atoms with E-state index in [9.17, 15) is 0 Å². The summed E-state index contributed by atoms with van der Waals surface area (Å²) in [5, 5.41) is 2.22. The lowest BCUT2D eigenvalue weighted by atomic mass is 9.88. The summed E-state index contributed by atoms with van der Waals surface area (Å²) in [6, 6.07) is 26.1. The van der Waals surface area contributed by atoms with Crippen LogP contribution in [0.15, 0.2) is 110 Å². The summed E-state index contributed by atoms with van der Waals surface area (Å²) in [4.78, 5) is 13.6. The molecule has 0 unspecified atom stereocenters. The van der Waals surface area contributed by atoms with Gasteiger partial charge in [0.2, 0.25) is 0 Å². The maximum atomic E-state index is 4.80. The van der Waals surface area contributed by atoms with Crippen LogP contribution in [-0.2, 0) is 6.42 Å². The van der Waals surface area contributed by atoms with Gasteiger partial charge >= 0.3 is 0 Å². The normalized spacial score (nSPS) is 11.5. The predicted octanol–water partition coefficient (Wildman–Crippen LogP) is 9.83. The highest BCUT2D eigenvalue weighted by atomic mass is 15.1. The summed E-state index contributed by atoms with van der Waals surface area (Å²) in [6.45, 7) is 6.80. The Morgan fingerprint density at radius 2 is 1.43 bits per heavy atom. The molecule has 44 heavy (non-hydrogen) atoms. The molecule has 5 heteroatoms. The third-order valence-corrected chi connectivity index (χ3v) is 8.79. The molecule has 4 aromatic heterocycles. The first-order valence-corrected chi connectivity index (χ1v) is 15.7. The van der Waals surface area contributed by atoms with E-state index in [2.05, 4.69) is 119 Å². The van der Waals surface area contributed by atoms with Crippen LogP contribution in [0.2, 0.25) is 0 Å². The molecule has 0 bridgehead atoms. The Morgan fingerprint density at radius 3 is 2.16 bits per heavy atom. The zero-order valence-corrected chi connectivity index (χ0v) is 25.7. The lowest BCUT2D eigenvalue weighted by Crippen LogP contribution is -2.06. The second-order valence-corrected chi connectivity index (χ2v) is 11.7. The molecule has 0 fully saturated rings. The molecule has 218 valence electrons. The summed E-state index contributed by atoms with van der Waals surface area (Å²) in [7, 11) is 0. The Balaban J connectivity index is 1.42. The average molecular weight is 576 g/mol. The number of nitrogens with zero attached hydrogens (tertiary/aromatic N) is 5. The average Bonchev–Trinajstić information content (AvgIpc) is 3.67. The van der Waals surface area contributed by atoms with Crippen LogP contribution in [0.4, 0.5) is 0 Å². The molecule has 0 atom stereocenters. The van der Waals surface area contributed by atoms with Gasteiger partial charge in [0.25, 0.3) is 0 Å². The van der Waals surface area contributed by atoms with Crippen LogP contribution < -0.4 is 0 Å². The number of benzene rings is 3. The van der Waals surface area contributed by atoms with Crippen molar-refractivity contribution in [1.29, 1.82) is 0 Å².